The fraction of sp³-hybridized carbons (Fsp3) is 0.312. The third kappa shape index (κ3) is 4.07. The van der Waals surface area contributed by atoms with Gasteiger partial charge in [0, 0.05) is 18.3 Å². The minimum atomic E-state index is 0.521. The standard InChI is InChI=1S/C16H18Cl2N6/c1-2-3-12-10-24(23-22-12)7-6-19-16-20-9-15(21-16)11-4-5-13(17)14(18)8-11/h4-5,8-10H,2-3,6-7H2,1H3,(H2,19,20,21). The first-order chi connectivity index (χ1) is 11.7. The van der Waals surface area contributed by atoms with E-state index in [1.54, 1.807) is 12.3 Å². The van der Waals surface area contributed by atoms with Gasteiger partial charge in [0.05, 0.1) is 34.2 Å². The number of rotatable bonds is 7. The molecule has 0 radical (unpaired) electrons. The third-order valence-electron chi connectivity index (χ3n) is 3.53. The lowest BCUT2D eigenvalue weighted by molar-refractivity contribution is 0.607. The second kappa shape index (κ2) is 7.68. The lowest BCUT2D eigenvalue weighted by atomic mass is 10.2. The second-order valence-electron chi connectivity index (χ2n) is 5.42. The Bertz CT molecular complexity index is 811. The molecule has 0 bridgehead atoms. The van der Waals surface area contributed by atoms with Crippen molar-refractivity contribution in [3.8, 4) is 11.3 Å². The van der Waals surface area contributed by atoms with E-state index in [9.17, 15) is 0 Å². The van der Waals surface area contributed by atoms with E-state index in [0.717, 1.165) is 36.3 Å². The Hall–Kier alpha value is -2.05. The van der Waals surface area contributed by atoms with E-state index in [0.29, 0.717) is 22.5 Å². The van der Waals surface area contributed by atoms with Crippen LogP contribution in [0.15, 0.2) is 30.6 Å². The van der Waals surface area contributed by atoms with E-state index in [4.69, 9.17) is 23.2 Å². The van der Waals surface area contributed by atoms with Gasteiger partial charge in [0.2, 0.25) is 5.95 Å². The van der Waals surface area contributed by atoms with Gasteiger partial charge in [-0.3, -0.25) is 4.68 Å². The first-order valence-corrected chi connectivity index (χ1v) is 8.54. The number of nitrogens with zero attached hydrogens (tertiary/aromatic N) is 4. The zero-order chi connectivity index (χ0) is 16.9. The van der Waals surface area contributed by atoms with E-state index in [1.165, 1.54) is 0 Å². The highest BCUT2D eigenvalue weighted by molar-refractivity contribution is 6.42. The maximum Gasteiger partial charge on any atom is 0.200 e. The van der Waals surface area contributed by atoms with Gasteiger partial charge < -0.3 is 10.3 Å². The molecular weight excluding hydrogens is 347 g/mol. The summed E-state index contributed by atoms with van der Waals surface area (Å²) in [5.41, 5.74) is 2.84. The van der Waals surface area contributed by atoms with Gasteiger partial charge in [-0.15, -0.1) is 5.10 Å². The Labute approximate surface area is 150 Å². The lowest BCUT2D eigenvalue weighted by Crippen LogP contribution is -2.11. The molecule has 0 aliphatic carbocycles. The number of benzene rings is 1. The Morgan fingerprint density at radius 1 is 1.25 bits per heavy atom. The number of halogens is 2. The molecule has 2 heterocycles. The number of nitrogens with one attached hydrogen (secondary N) is 2. The molecule has 0 unspecified atom stereocenters. The molecule has 0 spiro atoms. The van der Waals surface area contributed by atoms with Crippen LogP contribution in [-0.2, 0) is 13.0 Å². The number of imidazole rings is 1. The van der Waals surface area contributed by atoms with Crippen LogP contribution in [0.2, 0.25) is 10.0 Å². The molecular formula is C16H18Cl2N6. The number of aryl methyl sites for hydroxylation is 1. The molecule has 0 aliphatic rings. The molecule has 0 saturated heterocycles. The van der Waals surface area contributed by atoms with Crippen molar-refractivity contribution in [3.63, 3.8) is 0 Å². The average Bonchev–Trinajstić information content (AvgIpc) is 3.20. The fourth-order valence-electron chi connectivity index (χ4n) is 2.33. The Kier molecular flexibility index (Phi) is 5.37. The van der Waals surface area contributed by atoms with Gasteiger partial charge in [-0.25, -0.2) is 4.98 Å². The quantitative estimate of drug-likeness (QED) is 0.663. The van der Waals surface area contributed by atoms with E-state index in [1.807, 2.05) is 23.0 Å². The Balaban J connectivity index is 1.56. The van der Waals surface area contributed by atoms with Gasteiger partial charge in [0.25, 0.3) is 0 Å². The van der Waals surface area contributed by atoms with Crippen molar-refractivity contribution in [3.05, 3.63) is 46.3 Å². The van der Waals surface area contributed by atoms with Crippen molar-refractivity contribution >= 4 is 29.2 Å². The van der Waals surface area contributed by atoms with Crippen LogP contribution in [0.3, 0.4) is 0 Å². The average molecular weight is 365 g/mol. The van der Waals surface area contributed by atoms with Crippen LogP contribution in [0.1, 0.15) is 19.0 Å². The number of hydrogen-bond donors (Lipinski definition) is 2. The van der Waals surface area contributed by atoms with Gasteiger partial charge >= 0.3 is 0 Å². The van der Waals surface area contributed by atoms with Crippen LogP contribution in [0.25, 0.3) is 11.3 Å². The predicted octanol–water partition coefficient (Wildman–Crippen LogP) is 4.04. The van der Waals surface area contributed by atoms with Crippen LogP contribution in [0, 0.1) is 0 Å². The molecule has 8 heteroatoms. The molecule has 24 heavy (non-hydrogen) atoms. The van der Waals surface area contributed by atoms with Crippen molar-refractivity contribution in [1.29, 1.82) is 0 Å². The first kappa shape index (κ1) is 16.8. The minimum Gasteiger partial charge on any atom is -0.354 e. The summed E-state index contributed by atoms with van der Waals surface area (Å²) in [6.45, 7) is 3.55. The smallest absolute Gasteiger partial charge is 0.200 e. The summed E-state index contributed by atoms with van der Waals surface area (Å²) in [6.07, 6.45) is 5.77. The molecule has 3 rings (SSSR count). The lowest BCUT2D eigenvalue weighted by Gasteiger charge is -2.03. The summed E-state index contributed by atoms with van der Waals surface area (Å²) in [4.78, 5) is 7.54. The monoisotopic (exact) mass is 364 g/mol. The largest absolute Gasteiger partial charge is 0.354 e. The molecule has 2 N–H and O–H groups in total. The van der Waals surface area contributed by atoms with Crippen LogP contribution in [-0.4, -0.2) is 31.5 Å². The van der Waals surface area contributed by atoms with Gasteiger partial charge in [0.15, 0.2) is 0 Å². The topological polar surface area (TPSA) is 71.4 Å². The second-order valence-corrected chi connectivity index (χ2v) is 6.24. The molecule has 2 aromatic heterocycles. The van der Waals surface area contributed by atoms with Gasteiger partial charge in [-0.05, 0) is 18.6 Å². The third-order valence-corrected chi connectivity index (χ3v) is 4.27. The van der Waals surface area contributed by atoms with Gasteiger partial charge in [-0.2, -0.15) is 0 Å². The zero-order valence-electron chi connectivity index (χ0n) is 13.3. The van der Waals surface area contributed by atoms with Crippen molar-refractivity contribution in [2.75, 3.05) is 11.9 Å². The molecule has 1 aromatic carbocycles. The van der Waals surface area contributed by atoms with Crippen LogP contribution < -0.4 is 5.32 Å². The van der Waals surface area contributed by atoms with Gasteiger partial charge in [-0.1, -0.05) is 47.8 Å². The van der Waals surface area contributed by atoms with E-state index in [-0.39, 0.29) is 0 Å². The fourth-order valence-corrected chi connectivity index (χ4v) is 2.63. The van der Waals surface area contributed by atoms with Crippen molar-refractivity contribution in [1.82, 2.24) is 25.0 Å². The predicted molar refractivity (Wildman–Crippen MR) is 96.6 cm³/mol. The minimum absolute atomic E-state index is 0.521. The molecule has 0 amide bonds. The van der Waals surface area contributed by atoms with E-state index < -0.39 is 0 Å². The maximum absolute atomic E-state index is 6.05. The molecule has 0 atom stereocenters. The van der Waals surface area contributed by atoms with Crippen molar-refractivity contribution in [2.45, 2.75) is 26.3 Å². The Morgan fingerprint density at radius 2 is 2.12 bits per heavy atom. The summed E-state index contributed by atoms with van der Waals surface area (Å²) in [5.74, 6) is 0.699. The summed E-state index contributed by atoms with van der Waals surface area (Å²) >= 11 is 12.0. The highest BCUT2D eigenvalue weighted by Gasteiger charge is 2.06. The molecule has 0 fully saturated rings. The number of anilines is 1. The van der Waals surface area contributed by atoms with E-state index in [2.05, 4.69) is 32.5 Å². The summed E-state index contributed by atoms with van der Waals surface area (Å²) in [7, 11) is 0. The molecule has 0 saturated carbocycles. The highest BCUT2D eigenvalue weighted by atomic mass is 35.5. The Morgan fingerprint density at radius 3 is 2.92 bits per heavy atom. The van der Waals surface area contributed by atoms with Crippen LogP contribution in [0.5, 0.6) is 0 Å². The number of aromatic amines is 1. The summed E-state index contributed by atoms with van der Waals surface area (Å²) in [5, 5.41) is 12.5. The summed E-state index contributed by atoms with van der Waals surface area (Å²) in [6, 6.07) is 5.48. The number of aromatic nitrogens is 5. The number of H-pyrrole nitrogens is 1. The van der Waals surface area contributed by atoms with E-state index >= 15 is 0 Å². The summed E-state index contributed by atoms with van der Waals surface area (Å²) < 4.78 is 1.83. The van der Waals surface area contributed by atoms with Crippen molar-refractivity contribution < 1.29 is 0 Å². The highest BCUT2D eigenvalue weighted by Crippen LogP contribution is 2.27. The van der Waals surface area contributed by atoms with Crippen molar-refractivity contribution in [2.24, 2.45) is 0 Å². The zero-order valence-corrected chi connectivity index (χ0v) is 14.8. The number of hydrogen-bond acceptors (Lipinski definition) is 4. The molecule has 6 nitrogen and oxygen atoms in total. The molecule has 0 aliphatic heterocycles. The maximum atomic E-state index is 6.05. The first-order valence-electron chi connectivity index (χ1n) is 7.79. The van der Waals surface area contributed by atoms with Crippen LogP contribution >= 0.6 is 23.2 Å². The molecule has 126 valence electrons. The normalized spacial score (nSPS) is 11.0. The molecule has 3 aromatic rings. The SMILES string of the molecule is CCCc1cn(CCNc2ncc(-c3ccc(Cl)c(Cl)c3)[nH]2)nn1. The van der Waals surface area contributed by atoms with Gasteiger partial charge in [0.1, 0.15) is 0 Å². The van der Waals surface area contributed by atoms with Crippen LogP contribution in [0.4, 0.5) is 5.95 Å².